The molecule has 0 amide bonds. The van der Waals surface area contributed by atoms with E-state index in [4.69, 9.17) is 4.74 Å². The minimum Gasteiger partial charge on any atom is -0.469 e. The third-order valence-electron chi connectivity index (χ3n) is 12.1. The second-order valence-electron chi connectivity index (χ2n) is 13.6. The Hall–Kier alpha value is -1.45. The van der Waals surface area contributed by atoms with Crippen molar-refractivity contribution in [2.75, 3.05) is 7.11 Å². The van der Waals surface area contributed by atoms with E-state index in [2.05, 4.69) is 34.6 Å². The van der Waals surface area contributed by atoms with Gasteiger partial charge in [-0.2, -0.15) is 0 Å². The average molecular weight is 455 g/mol. The third kappa shape index (κ3) is 2.91. The van der Waals surface area contributed by atoms with Crippen molar-refractivity contribution in [3.05, 3.63) is 11.6 Å². The Morgan fingerprint density at radius 3 is 2.36 bits per heavy atom. The fraction of sp³-hybridized carbons (Fsp3) is 0.828. The molecule has 0 heterocycles. The van der Waals surface area contributed by atoms with Crippen LogP contribution in [0.25, 0.3) is 0 Å². The van der Waals surface area contributed by atoms with E-state index in [0.717, 1.165) is 51.4 Å². The van der Waals surface area contributed by atoms with Gasteiger partial charge in [0.05, 0.1) is 12.5 Å². The number of ether oxygens (including phenoxy) is 1. The number of methoxy groups -OCH3 is 1. The fourth-order valence-electron chi connectivity index (χ4n) is 9.54. The first-order valence-corrected chi connectivity index (χ1v) is 13.2. The van der Waals surface area contributed by atoms with E-state index < -0.39 is 5.41 Å². The van der Waals surface area contributed by atoms with E-state index in [1.54, 1.807) is 0 Å². The summed E-state index contributed by atoms with van der Waals surface area (Å²) in [4.78, 5) is 39.1. The normalized spacial score (nSPS) is 51.5. The fourth-order valence-corrected chi connectivity index (χ4v) is 9.54. The minimum atomic E-state index is -0.480. The maximum atomic E-state index is 14.0. The average Bonchev–Trinajstić information content (AvgIpc) is 2.76. The molecule has 4 saturated carbocycles. The first-order valence-electron chi connectivity index (χ1n) is 13.2. The van der Waals surface area contributed by atoms with Crippen LogP contribution in [0.2, 0.25) is 0 Å². The molecule has 5 rings (SSSR count). The van der Waals surface area contributed by atoms with Crippen LogP contribution < -0.4 is 0 Å². The van der Waals surface area contributed by atoms with Gasteiger partial charge in [-0.3, -0.25) is 14.4 Å². The zero-order valence-corrected chi connectivity index (χ0v) is 21.5. The number of hydrogen-bond donors (Lipinski definition) is 0. The molecule has 33 heavy (non-hydrogen) atoms. The second kappa shape index (κ2) is 7.04. The SMILES string of the molecule is COC(=O)[C@@]1(C)CC[C@]2(C)CC[C@]3(C)C(=CC(=O)[C@@H]4[C@@]5(C)CCC(=O)C[C@@H]5CC[C@]43C)[C@H]2C1. The van der Waals surface area contributed by atoms with Crippen LogP contribution in [0.1, 0.15) is 98.8 Å². The van der Waals surface area contributed by atoms with Gasteiger partial charge in [-0.25, -0.2) is 0 Å². The molecular formula is C29H42O4. The maximum absolute atomic E-state index is 14.0. The van der Waals surface area contributed by atoms with Gasteiger partial charge in [0.1, 0.15) is 5.78 Å². The second-order valence-corrected chi connectivity index (χ2v) is 13.6. The van der Waals surface area contributed by atoms with Gasteiger partial charge in [0.25, 0.3) is 0 Å². The van der Waals surface area contributed by atoms with Crippen LogP contribution in [0.5, 0.6) is 0 Å². The summed E-state index contributed by atoms with van der Waals surface area (Å²) in [7, 11) is 1.50. The molecule has 4 heteroatoms. The van der Waals surface area contributed by atoms with Crippen LogP contribution in [0.4, 0.5) is 0 Å². The number of hydrogen-bond acceptors (Lipinski definition) is 4. The molecular weight excluding hydrogens is 412 g/mol. The van der Waals surface area contributed by atoms with E-state index in [-0.39, 0.29) is 39.5 Å². The number of ketones is 2. The van der Waals surface area contributed by atoms with E-state index in [0.29, 0.717) is 30.3 Å². The molecule has 8 atom stereocenters. The summed E-state index contributed by atoms with van der Waals surface area (Å²) < 4.78 is 5.22. The van der Waals surface area contributed by atoms with Crippen molar-refractivity contribution in [3.63, 3.8) is 0 Å². The monoisotopic (exact) mass is 454 g/mol. The first-order chi connectivity index (χ1) is 15.3. The Balaban J connectivity index is 1.60. The summed E-state index contributed by atoms with van der Waals surface area (Å²) in [5.41, 5.74) is 0.757. The lowest BCUT2D eigenvalue weighted by Gasteiger charge is -2.68. The summed E-state index contributed by atoms with van der Waals surface area (Å²) in [6, 6.07) is 0. The topological polar surface area (TPSA) is 60.4 Å². The summed E-state index contributed by atoms with van der Waals surface area (Å²) in [6.07, 6.45) is 11.1. The Morgan fingerprint density at radius 1 is 0.970 bits per heavy atom. The molecule has 0 aromatic carbocycles. The molecule has 0 aromatic rings. The number of rotatable bonds is 1. The first kappa shape index (κ1) is 23.3. The van der Waals surface area contributed by atoms with E-state index in [1.807, 2.05) is 6.08 Å². The molecule has 0 N–H and O–H groups in total. The lowest BCUT2D eigenvalue weighted by molar-refractivity contribution is -0.174. The number of fused-ring (bicyclic) bond motifs is 7. The standard InChI is InChI=1S/C29H42O4/c1-25-11-12-26(2,24(32)33-6)17-21(25)20-16-22(31)23-27(3)9-8-19(30)15-18(27)7-10-29(23,5)28(20,4)14-13-25/h16,18,21,23H,7-15,17H2,1-6H3/t18-,21+,23+,25+,26-,27-,28+,29+/m0/s1. The maximum Gasteiger partial charge on any atom is 0.311 e. The number of Topliss-reactive ketones (excluding diaryl/α,β-unsaturated/α-hetero) is 1. The molecule has 4 nitrogen and oxygen atoms in total. The zero-order chi connectivity index (χ0) is 24.0. The van der Waals surface area contributed by atoms with Crippen molar-refractivity contribution < 1.29 is 19.1 Å². The number of carbonyl (C=O) groups is 3. The smallest absolute Gasteiger partial charge is 0.311 e. The van der Waals surface area contributed by atoms with Gasteiger partial charge in [-0.15, -0.1) is 0 Å². The molecule has 5 aliphatic rings. The van der Waals surface area contributed by atoms with Crippen LogP contribution in [0, 0.1) is 44.8 Å². The summed E-state index contributed by atoms with van der Waals surface area (Å²) >= 11 is 0. The molecule has 5 aliphatic carbocycles. The highest BCUT2D eigenvalue weighted by atomic mass is 16.5. The highest BCUT2D eigenvalue weighted by molar-refractivity contribution is 5.96. The number of allylic oxidation sites excluding steroid dienone is 2. The molecule has 0 saturated heterocycles. The Bertz CT molecular complexity index is 949. The molecule has 182 valence electrons. The molecule has 0 radical (unpaired) electrons. The molecule has 0 unspecified atom stereocenters. The van der Waals surface area contributed by atoms with E-state index in [1.165, 1.54) is 12.7 Å². The van der Waals surface area contributed by atoms with E-state index >= 15 is 0 Å². The Labute approximate surface area is 199 Å². The van der Waals surface area contributed by atoms with Gasteiger partial charge < -0.3 is 4.74 Å². The Morgan fingerprint density at radius 2 is 1.67 bits per heavy atom. The predicted octanol–water partition coefficient (Wildman–Crippen LogP) is 6.07. The lowest BCUT2D eigenvalue weighted by Crippen LogP contribution is -2.64. The van der Waals surface area contributed by atoms with Crippen LogP contribution in [0.3, 0.4) is 0 Å². The van der Waals surface area contributed by atoms with Gasteiger partial charge in [0.2, 0.25) is 0 Å². The van der Waals surface area contributed by atoms with Crippen LogP contribution >= 0.6 is 0 Å². The lowest BCUT2D eigenvalue weighted by atomic mass is 9.35. The molecule has 0 spiro atoms. The predicted molar refractivity (Wildman–Crippen MR) is 127 cm³/mol. The van der Waals surface area contributed by atoms with Gasteiger partial charge >= 0.3 is 5.97 Å². The van der Waals surface area contributed by atoms with Crippen molar-refractivity contribution >= 4 is 17.5 Å². The highest BCUT2D eigenvalue weighted by Gasteiger charge is 2.68. The Kier molecular flexibility index (Phi) is 4.97. The van der Waals surface area contributed by atoms with Crippen LogP contribution in [-0.2, 0) is 19.1 Å². The molecule has 0 bridgehead atoms. The van der Waals surface area contributed by atoms with Crippen molar-refractivity contribution in [2.24, 2.45) is 44.8 Å². The number of carbonyl (C=O) groups excluding carboxylic acids is 3. The summed E-state index contributed by atoms with van der Waals surface area (Å²) in [5.74, 6) is 1.14. The van der Waals surface area contributed by atoms with Gasteiger partial charge in [-0.05, 0) is 97.9 Å². The zero-order valence-electron chi connectivity index (χ0n) is 21.5. The van der Waals surface area contributed by atoms with Gasteiger partial charge in [0.15, 0.2) is 5.78 Å². The van der Waals surface area contributed by atoms with Crippen molar-refractivity contribution in [1.29, 1.82) is 0 Å². The summed E-state index contributed by atoms with van der Waals surface area (Å²) in [5, 5.41) is 0. The number of esters is 1. The van der Waals surface area contributed by atoms with E-state index in [9.17, 15) is 14.4 Å². The largest absolute Gasteiger partial charge is 0.469 e. The third-order valence-corrected chi connectivity index (χ3v) is 12.1. The van der Waals surface area contributed by atoms with Gasteiger partial charge in [0, 0.05) is 18.8 Å². The van der Waals surface area contributed by atoms with Crippen molar-refractivity contribution in [1.82, 2.24) is 0 Å². The van der Waals surface area contributed by atoms with Crippen LogP contribution in [0.15, 0.2) is 11.6 Å². The molecule has 0 aliphatic heterocycles. The molecule has 0 aromatic heterocycles. The van der Waals surface area contributed by atoms with Gasteiger partial charge in [-0.1, -0.05) is 33.3 Å². The quantitative estimate of drug-likeness (QED) is 0.451. The van der Waals surface area contributed by atoms with Crippen molar-refractivity contribution in [2.45, 2.75) is 98.8 Å². The molecule has 4 fully saturated rings. The highest BCUT2D eigenvalue weighted by Crippen LogP contribution is 2.73. The summed E-state index contributed by atoms with van der Waals surface area (Å²) in [6.45, 7) is 11.6. The van der Waals surface area contributed by atoms with Crippen LogP contribution in [-0.4, -0.2) is 24.6 Å². The minimum absolute atomic E-state index is 0.00876. The van der Waals surface area contributed by atoms with Crippen molar-refractivity contribution in [3.8, 4) is 0 Å².